The molecule has 0 saturated carbocycles. The van der Waals surface area contributed by atoms with Crippen molar-refractivity contribution in [3.63, 3.8) is 0 Å². The van der Waals surface area contributed by atoms with Gasteiger partial charge in [0.15, 0.2) is 4.67 Å². The van der Waals surface area contributed by atoms with E-state index in [0.29, 0.717) is 26.3 Å². The summed E-state index contributed by atoms with van der Waals surface area (Å²) in [6, 6.07) is 3.78. The quantitative estimate of drug-likeness (QED) is 0.779. The van der Waals surface area contributed by atoms with Gasteiger partial charge in [0.2, 0.25) is 0 Å². The fourth-order valence-corrected chi connectivity index (χ4v) is 2.63. The van der Waals surface area contributed by atoms with Crippen LogP contribution in [-0.4, -0.2) is 55.6 Å². The average Bonchev–Trinajstić information content (AvgIpc) is 3.01. The second kappa shape index (κ2) is 8.14. The van der Waals surface area contributed by atoms with E-state index in [1.165, 1.54) is 0 Å². The highest BCUT2D eigenvalue weighted by Crippen LogP contribution is 2.15. The molecule has 1 fully saturated rings. The molecule has 1 aliphatic rings. The average molecular weight is 348 g/mol. The number of likely N-dealkylation sites (N-methyl/N-ethyl adjacent to an activating group) is 1. The van der Waals surface area contributed by atoms with Gasteiger partial charge in [0.1, 0.15) is 5.76 Å². The maximum absolute atomic E-state index is 9.93. The molecule has 1 aromatic heterocycles. The molecule has 0 radical (unpaired) electrons. The zero-order chi connectivity index (χ0) is 14.4. The monoisotopic (exact) mass is 347 g/mol. The smallest absolute Gasteiger partial charge is 0.169 e. The van der Waals surface area contributed by atoms with E-state index in [9.17, 15) is 5.11 Å². The second-order valence-electron chi connectivity index (χ2n) is 5.23. The van der Waals surface area contributed by atoms with Gasteiger partial charge in [-0.2, -0.15) is 0 Å². The summed E-state index contributed by atoms with van der Waals surface area (Å²) in [6.45, 7) is 2.95. The molecule has 0 bridgehead atoms. The summed E-state index contributed by atoms with van der Waals surface area (Å²) in [5, 5.41) is 9.93. The Morgan fingerprint density at radius 3 is 3.05 bits per heavy atom. The van der Waals surface area contributed by atoms with Crippen LogP contribution in [0, 0.1) is 0 Å². The van der Waals surface area contributed by atoms with Gasteiger partial charge >= 0.3 is 0 Å². The molecule has 114 valence electrons. The van der Waals surface area contributed by atoms with Crippen molar-refractivity contribution in [1.29, 1.82) is 0 Å². The van der Waals surface area contributed by atoms with Crippen molar-refractivity contribution in [2.45, 2.75) is 31.6 Å². The number of aliphatic hydroxyl groups is 1. The molecule has 1 aromatic rings. The lowest BCUT2D eigenvalue weighted by atomic mass is 10.2. The molecule has 6 heteroatoms. The van der Waals surface area contributed by atoms with E-state index in [0.717, 1.165) is 29.9 Å². The molecule has 2 atom stereocenters. The van der Waals surface area contributed by atoms with E-state index in [1.807, 2.05) is 24.1 Å². The van der Waals surface area contributed by atoms with Crippen molar-refractivity contribution in [1.82, 2.24) is 4.90 Å². The van der Waals surface area contributed by atoms with Gasteiger partial charge in [-0.3, -0.25) is 4.90 Å². The van der Waals surface area contributed by atoms with E-state index in [2.05, 4.69) is 15.9 Å². The Hall–Kier alpha value is -0.400. The normalized spacial score (nSPS) is 20.7. The lowest BCUT2D eigenvalue weighted by molar-refractivity contribution is -0.0242. The van der Waals surface area contributed by atoms with E-state index < -0.39 is 6.10 Å². The Morgan fingerprint density at radius 2 is 2.40 bits per heavy atom. The molecule has 0 spiro atoms. The number of ether oxygens (including phenoxy) is 2. The molecule has 0 aromatic carbocycles. The van der Waals surface area contributed by atoms with Crippen molar-refractivity contribution in [2.75, 3.05) is 33.4 Å². The maximum atomic E-state index is 9.93. The number of nitrogens with zero attached hydrogens (tertiary/aromatic N) is 1. The van der Waals surface area contributed by atoms with Crippen molar-refractivity contribution >= 4 is 15.9 Å². The Bertz CT molecular complexity index is 392. The minimum absolute atomic E-state index is 0.209. The van der Waals surface area contributed by atoms with Gasteiger partial charge in [0.25, 0.3) is 0 Å². The lowest BCUT2D eigenvalue weighted by Crippen LogP contribution is -2.32. The predicted octanol–water partition coefficient (Wildman–Crippen LogP) is 2.03. The first-order chi connectivity index (χ1) is 9.63. The first kappa shape index (κ1) is 16.0. The van der Waals surface area contributed by atoms with Gasteiger partial charge in [-0.15, -0.1) is 0 Å². The summed E-state index contributed by atoms with van der Waals surface area (Å²) in [6.07, 6.45) is 1.88. The summed E-state index contributed by atoms with van der Waals surface area (Å²) in [5.41, 5.74) is 0. The highest BCUT2D eigenvalue weighted by molar-refractivity contribution is 9.10. The lowest BCUT2D eigenvalue weighted by Gasteiger charge is -2.20. The van der Waals surface area contributed by atoms with Crippen LogP contribution in [0.1, 0.15) is 18.6 Å². The number of furan rings is 1. The van der Waals surface area contributed by atoms with E-state index >= 15 is 0 Å². The van der Waals surface area contributed by atoms with E-state index in [4.69, 9.17) is 13.9 Å². The molecule has 0 amide bonds. The van der Waals surface area contributed by atoms with Crippen LogP contribution < -0.4 is 0 Å². The molecule has 2 unspecified atom stereocenters. The maximum Gasteiger partial charge on any atom is 0.169 e. The van der Waals surface area contributed by atoms with Gasteiger partial charge in [-0.1, -0.05) is 0 Å². The summed E-state index contributed by atoms with van der Waals surface area (Å²) < 4.78 is 17.1. The fraction of sp³-hybridized carbons (Fsp3) is 0.714. The van der Waals surface area contributed by atoms with Crippen LogP contribution in [0.3, 0.4) is 0 Å². The van der Waals surface area contributed by atoms with Crippen LogP contribution in [0.15, 0.2) is 21.2 Å². The van der Waals surface area contributed by atoms with Crippen molar-refractivity contribution in [3.8, 4) is 0 Å². The third-order valence-corrected chi connectivity index (χ3v) is 3.64. The fourth-order valence-electron chi connectivity index (χ4n) is 2.29. The SMILES string of the molecule is CN(Cc1ccc(Br)o1)CC(O)COCC1CCCO1. The molecule has 1 N–H and O–H groups in total. The van der Waals surface area contributed by atoms with Crippen LogP contribution in [-0.2, 0) is 16.0 Å². The molecule has 2 heterocycles. The Morgan fingerprint density at radius 1 is 1.55 bits per heavy atom. The predicted molar refractivity (Wildman–Crippen MR) is 78.5 cm³/mol. The molecule has 1 saturated heterocycles. The minimum Gasteiger partial charge on any atom is -0.453 e. The molecule has 0 aliphatic carbocycles. The van der Waals surface area contributed by atoms with Crippen molar-refractivity contribution in [2.24, 2.45) is 0 Å². The van der Waals surface area contributed by atoms with Gasteiger partial charge in [-0.25, -0.2) is 0 Å². The van der Waals surface area contributed by atoms with Gasteiger partial charge < -0.3 is 19.0 Å². The zero-order valence-corrected chi connectivity index (χ0v) is 13.3. The third kappa shape index (κ3) is 5.54. The number of rotatable bonds is 8. The summed E-state index contributed by atoms with van der Waals surface area (Å²) in [4.78, 5) is 2.01. The highest BCUT2D eigenvalue weighted by Gasteiger charge is 2.16. The van der Waals surface area contributed by atoms with Crippen LogP contribution in [0.4, 0.5) is 0 Å². The summed E-state index contributed by atoms with van der Waals surface area (Å²) in [7, 11) is 1.94. The molecule has 20 heavy (non-hydrogen) atoms. The first-order valence-electron chi connectivity index (χ1n) is 6.93. The summed E-state index contributed by atoms with van der Waals surface area (Å²) in [5.74, 6) is 0.867. The van der Waals surface area contributed by atoms with Gasteiger partial charge in [-0.05, 0) is 48.0 Å². The largest absolute Gasteiger partial charge is 0.453 e. The zero-order valence-electron chi connectivity index (χ0n) is 11.8. The third-order valence-electron chi connectivity index (χ3n) is 3.22. The summed E-state index contributed by atoms with van der Waals surface area (Å²) >= 11 is 3.27. The number of halogens is 1. The number of hydrogen-bond donors (Lipinski definition) is 1. The Balaban J connectivity index is 1.59. The molecule has 5 nitrogen and oxygen atoms in total. The first-order valence-corrected chi connectivity index (χ1v) is 7.73. The Labute approximate surface area is 128 Å². The van der Waals surface area contributed by atoms with Gasteiger partial charge in [0.05, 0.1) is 32.0 Å². The number of hydrogen-bond acceptors (Lipinski definition) is 5. The van der Waals surface area contributed by atoms with E-state index in [-0.39, 0.29) is 6.10 Å². The van der Waals surface area contributed by atoms with E-state index in [1.54, 1.807) is 0 Å². The second-order valence-corrected chi connectivity index (χ2v) is 6.01. The van der Waals surface area contributed by atoms with Crippen LogP contribution in [0.2, 0.25) is 0 Å². The highest BCUT2D eigenvalue weighted by atomic mass is 79.9. The van der Waals surface area contributed by atoms with Crippen LogP contribution in [0.5, 0.6) is 0 Å². The van der Waals surface area contributed by atoms with Gasteiger partial charge in [0, 0.05) is 13.2 Å². The van der Waals surface area contributed by atoms with Crippen LogP contribution >= 0.6 is 15.9 Å². The molecule has 1 aliphatic heterocycles. The molecular formula is C14H22BrNO4. The van der Waals surface area contributed by atoms with Crippen LogP contribution in [0.25, 0.3) is 0 Å². The van der Waals surface area contributed by atoms with Crippen molar-refractivity contribution in [3.05, 3.63) is 22.6 Å². The topological polar surface area (TPSA) is 55.1 Å². The number of aliphatic hydroxyl groups excluding tert-OH is 1. The minimum atomic E-state index is -0.500. The standard InChI is InChI=1S/C14H22BrNO4/c1-16(8-12-4-5-14(15)20-12)7-11(17)9-18-10-13-3-2-6-19-13/h4-5,11,13,17H,2-3,6-10H2,1H3. The molecule has 2 rings (SSSR count). The van der Waals surface area contributed by atoms with Crippen molar-refractivity contribution < 1.29 is 19.0 Å². The molecular weight excluding hydrogens is 326 g/mol. The Kier molecular flexibility index (Phi) is 6.51.